The van der Waals surface area contributed by atoms with Crippen molar-refractivity contribution in [2.24, 2.45) is 5.73 Å². The number of nitrogens with zero attached hydrogens (tertiary/aromatic N) is 2. The number of rotatable bonds is 1. The SMILES string of the molecule is NCc1nccc2[nH]ncc12. The zero-order chi connectivity index (χ0) is 7.68. The number of aromatic amines is 1. The fourth-order valence-electron chi connectivity index (χ4n) is 1.09. The Bertz CT molecular complexity index is 365. The summed E-state index contributed by atoms with van der Waals surface area (Å²) in [6.45, 7) is 0.455. The van der Waals surface area contributed by atoms with Gasteiger partial charge in [-0.25, -0.2) is 0 Å². The molecule has 0 spiro atoms. The molecule has 3 N–H and O–H groups in total. The van der Waals surface area contributed by atoms with Crippen molar-refractivity contribution in [3.05, 3.63) is 24.2 Å². The quantitative estimate of drug-likeness (QED) is 0.615. The van der Waals surface area contributed by atoms with E-state index in [9.17, 15) is 0 Å². The largest absolute Gasteiger partial charge is 0.325 e. The summed E-state index contributed by atoms with van der Waals surface area (Å²) in [7, 11) is 0. The van der Waals surface area contributed by atoms with Crippen molar-refractivity contribution in [3.63, 3.8) is 0 Å². The van der Waals surface area contributed by atoms with Gasteiger partial charge in [-0.2, -0.15) is 5.10 Å². The van der Waals surface area contributed by atoms with Crippen LogP contribution in [0.1, 0.15) is 5.69 Å². The second kappa shape index (κ2) is 2.32. The summed E-state index contributed by atoms with van der Waals surface area (Å²) in [5, 5.41) is 7.75. The smallest absolute Gasteiger partial charge is 0.0684 e. The monoisotopic (exact) mass is 148 g/mol. The summed E-state index contributed by atoms with van der Waals surface area (Å²) in [5.74, 6) is 0. The minimum absolute atomic E-state index is 0.455. The number of nitrogens with two attached hydrogens (primary N) is 1. The van der Waals surface area contributed by atoms with Gasteiger partial charge in [0.2, 0.25) is 0 Å². The number of hydrogen-bond donors (Lipinski definition) is 2. The minimum atomic E-state index is 0.455. The maximum absolute atomic E-state index is 5.47. The van der Waals surface area contributed by atoms with Crippen molar-refractivity contribution < 1.29 is 0 Å². The van der Waals surface area contributed by atoms with Gasteiger partial charge in [-0.3, -0.25) is 10.1 Å². The van der Waals surface area contributed by atoms with Crippen molar-refractivity contribution >= 4 is 10.9 Å². The van der Waals surface area contributed by atoms with E-state index in [2.05, 4.69) is 15.2 Å². The van der Waals surface area contributed by atoms with Crippen molar-refractivity contribution in [1.29, 1.82) is 0 Å². The van der Waals surface area contributed by atoms with Crippen molar-refractivity contribution in [2.75, 3.05) is 0 Å². The van der Waals surface area contributed by atoms with Crippen LogP contribution in [0.3, 0.4) is 0 Å². The highest BCUT2D eigenvalue weighted by atomic mass is 15.1. The van der Waals surface area contributed by atoms with E-state index in [0.717, 1.165) is 16.6 Å². The Kier molecular flexibility index (Phi) is 1.33. The third-order valence-corrected chi connectivity index (χ3v) is 1.64. The maximum atomic E-state index is 5.47. The molecule has 4 heteroatoms. The number of nitrogens with one attached hydrogen (secondary N) is 1. The number of H-pyrrole nitrogens is 1. The highest BCUT2D eigenvalue weighted by Gasteiger charge is 2.00. The van der Waals surface area contributed by atoms with Gasteiger partial charge in [0.25, 0.3) is 0 Å². The molecule has 0 aliphatic heterocycles. The third kappa shape index (κ3) is 0.877. The van der Waals surface area contributed by atoms with Crippen molar-refractivity contribution in [1.82, 2.24) is 15.2 Å². The van der Waals surface area contributed by atoms with E-state index in [0.29, 0.717) is 6.54 Å². The standard InChI is InChI=1S/C7H8N4/c8-3-7-5-4-10-11-6(5)1-2-9-7/h1-2,4H,3,8H2,(H,10,11). The van der Waals surface area contributed by atoms with E-state index < -0.39 is 0 Å². The van der Waals surface area contributed by atoms with Crippen LogP contribution in [-0.4, -0.2) is 15.2 Å². The Morgan fingerprint density at radius 2 is 2.45 bits per heavy atom. The average molecular weight is 148 g/mol. The van der Waals surface area contributed by atoms with Gasteiger partial charge >= 0.3 is 0 Å². The van der Waals surface area contributed by atoms with Crippen LogP contribution in [-0.2, 0) is 6.54 Å². The molecular formula is C7H8N4. The molecule has 2 heterocycles. The van der Waals surface area contributed by atoms with Crippen LogP contribution >= 0.6 is 0 Å². The molecule has 0 aromatic carbocycles. The highest BCUT2D eigenvalue weighted by Crippen LogP contribution is 2.11. The number of pyridine rings is 1. The molecule has 2 rings (SSSR count). The van der Waals surface area contributed by atoms with E-state index in [4.69, 9.17) is 5.73 Å². The van der Waals surface area contributed by atoms with Crippen LogP contribution in [0.15, 0.2) is 18.5 Å². The van der Waals surface area contributed by atoms with Crippen molar-refractivity contribution in [3.8, 4) is 0 Å². The van der Waals surface area contributed by atoms with Gasteiger partial charge in [-0.1, -0.05) is 0 Å². The Balaban J connectivity index is 2.79. The van der Waals surface area contributed by atoms with Crippen LogP contribution in [0.4, 0.5) is 0 Å². The second-order valence-electron chi connectivity index (χ2n) is 2.29. The topological polar surface area (TPSA) is 67.6 Å². The molecule has 0 saturated carbocycles. The van der Waals surface area contributed by atoms with Gasteiger partial charge in [0.1, 0.15) is 0 Å². The fraction of sp³-hybridized carbons (Fsp3) is 0.143. The molecule has 0 fully saturated rings. The van der Waals surface area contributed by atoms with Gasteiger partial charge in [-0.15, -0.1) is 0 Å². The van der Waals surface area contributed by atoms with Crippen LogP contribution < -0.4 is 5.73 Å². The predicted molar refractivity (Wildman–Crippen MR) is 41.8 cm³/mol. The van der Waals surface area contributed by atoms with Crippen LogP contribution in [0.2, 0.25) is 0 Å². The third-order valence-electron chi connectivity index (χ3n) is 1.64. The normalized spacial score (nSPS) is 10.6. The molecule has 0 unspecified atom stereocenters. The van der Waals surface area contributed by atoms with Gasteiger partial charge in [0.15, 0.2) is 0 Å². The lowest BCUT2D eigenvalue weighted by Crippen LogP contribution is -1.98. The molecule has 56 valence electrons. The van der Waals surface area contributed by atoms with E-state index in [1.807, 2.05) is 6.07 Å². The highest BCUT2D eigenvalue weighted by molar-refractivity contribution is 5.79. The molecule has 0 bridgehead atoms. The lowest BCUT2D eigenvalue weighted by Gasteiger charge is -1.94. The van der Waals surface area contributed by atoms with Gasteiger partial charge < -0.3 is 5.73 Å². The molecule has 0 radical (unpaired) electrons. The number of aromatic nitrogens is 3. The number of fused-ring (bicyclic) bond motifs is 1. The van der Waals surface area contributed by atoms with E-state index in [1.54, 1.807) is 12.4 Å². The lowest BCUT2D eigenvalue weighted by atomic mass is 10.2. The molecule has 4 nitrogen and oxygen atoms in total. The summed E-state index contributed by atoms with van der Waals surface area (Å²) < 4.78 is 0. The Morgan fingerprint density at radius 3 is 3.27 bits per heavy atom. The van der Waals surface area contributed by atoms with E-state index in [1.165, 1.54) is 0 Å². The van der Waals surface area contributed by atoms with Crippen LogP contribution in [0, 0.1) is 0 Å². The second-order valence-corrected chi connectivity index (χ2v) is 2.29. The lowest BCUT2D eigenvalue weighted by molar-refractivity contribution is 1.01. The first-order valence-corrected chi connectivity index (χ1v) is 3.39. The fourth-order valence-corrected chi connectivity index (χ4v) is 1.09. The summed E-state index contributed by atoms with van der Waals surface area (Å²) >= 11 is 0. The summed E-state index contributed by atoms with van der Waals surface area (Å²) in [5.41, 5.74) is 7.34. The average Bonchev–Trinajstić information content (AvgIpc) is 2.50. The van der Waals surface area contributed by atoms with Gasteiger partial charge in [-0.05, 0) is 6.07 Å². The van der Waals surface area contributed by atoms with E-state index in [-0.39, 0.29) is 0 Å². The van der Waals surface area contributed by atoms with Gasteiger partial charge in [0, 0.05) is 18.1 Å². The molecule has 0 saturated heterocycles. The summed E-state index contributed by atoms with van der Waals surface area (Å²) in [6, 6.07) is 1.88. The molecular weight excluding hydrogens is 140 g/mol. The Hall–Kier alpha value is -1.42. The van der Waals surface area contributed by atoms with Crippen LogP contribution in [0.5, 0.6) is 0 Å². The van der Waals surface area contributed by atoms with Gasteiger partial charge in [0.05, 0.1) is 17.4 Å². The molecule has 2 aromatic heterocycles. The van der Waals surface area contributed by atoms with E-state index >= 15 is 0 Å². The molecule has 0 aliphatic rings. The molecule has 11 heavy (non-hydrogen) atoms. The molecule has 2 aromatic rings. The number of hydrogen-bond acceptors (Lipinski definition) is 3. The Morgan fingerprint density at radius 1 is 1.55 bits per heavy atom. The maximum Gasteiger partial charge on any atom is 0.0684 e. The predicted octanol–water partition coefficient (Wildman–Crippen LogP) is 0.417. The van der Waals surface area contributed by atoms with Crippen molar-refractivity contribution in [2.45, 2.75) is 6.54 Å². The molecule has 0 aliphatic carbocycles. The Labute approximate surface area is 63.4 Å². The molecule has 0 atom stereocenters. The zero-order valence-corrected chi connectivity index (χ0v) is 5.91. The first-order chi connectivity index (χ1) is 5.42. The molecule has 0 amide bonds. The van der Waals surface area contributed by atoms with Crippen LogP contribution in [0.25, 0.3) is 10.9 Å². The first kappa shape index (κ1) is 6.30. The summed E-state index contributed by atoms with van der Waals surface area (Å²) in [4.78, 5) is 4.11. The zero-order valence-electron chi connectivity index (χ0n) is 5.91. The first-order valence-electron chi connectivity index (χ1n) is 3.39. The summed E-state index contributed by atoms with van der Waals surface area (Å²) in [6.07, 6.45) is 3.47. The minimum Gasteiger partial charge on any atom is -0.325 e.